The Morgan fingerprint density at radius 2 is 1.82 bits per heavy atom. The molecular weight excluding hydrogens is 493 g/mol. The molecule has 0 radical (unpaired) electrons. The van der Waals surface area contributed by atoms with Crippen LogP contribution in [0.3, 0.4) is 0 Å². The van der Waals surface area contributed by atoms with Crippen LogP contribution in [0.15, 0.2) is 97.2 Å². The first-order valence-corrected chi connectivity index (χ1v) is 12.8. The summed E-state index contributed by atoms with van der Waals surface area (Å²) in [6, 6.07) is 27.3. The van der Waals surface area contributed by atoms with Crippen LogP contribution in [0.5, 0.6) is 5.75 Å². The van der Waals surface area contributed by atoms with Gasteiger partial charge in [-0.05, 0) is 66.6 Å². The number of hydrogen-bond donors (Lipinski definition) is 1. The molecule has 1 aliphatic rings. The molecule has 1 aliphatic heterocycles. The molecule has 39 heavy (non-hydrogen) atoms. The van der Waals surface area contributed by atoms with Gasteiger partial charge in [-0.3, -0.25) is 0 Å². The molecule has 1 N–H and O–H groups in total. The van der Waals surface area contributed by atoms with Crippen molar-refractivity contribution in [3.05, 3.63) is 131 Å². The van der Waals surface area contributed by atoms with E-state index in [-0.39, 0.29) is 18.4 Å². The predicted molar refractivity (Wildman–Crippen MR) is 147 cm³/mol. The zero-order valence-corrected chi connectivity index (χ0v) is 21.7. The maximum atomic E-state index is 13.9. The average molecular weight is 522 g/mol. The number of ether oxygens (including phenoxy) is 1. The molecule has 1 atom stereocenters. The Kier molecular flexibility index (Phi) is 6.36. The highest BCUT2D eigenvalue weighted by molar-refractivity contribution is 5.76. The van der Waals surface area contributed by atoms with Crippen molar-refractivity contribution < 1.29 is 13.9 Å². The van der Waals surface area contributed by atoms with Gasteiger partial charge in [-0.25, -0.2) is 13.9 Å². The fraction of sp³-hybridized carbons (Fsp3) is 0.161. The normalized spacial score (nSPS) is 14.3. The molecule has 2 amide bonds. The Bertz CT molecular complexity index is 1620. The van der Waals surface area contributed by atoms with E-state index in [0.29, 0.717) is 12.3 Å². The minimum atomic E-state index is -0.403. The highest BCUT2D eigenvalue weighted by Crippen LogP contribution is 2.39. The molecule has 0 spiro atoms. The van der Waals surface area contributed by atoms with Crippen LogP contribution in [0, 0.1) is 12.7 Å². The van der Waals surface area contributed by atoms with Gasteiger partial charge in [-0.15, -0.1) is 0 Å². The highest BCUT2D eigenvalue weighted by atomic mass is 19.1. The van der Waals surface area contributed by atoms with Gasteiger partial charge in [-0.2, -0.15) is 5.10 Å². The standard InChI is InChI=1S/C31H28FN5O2/c1-21-27-20-36(31(38)33-19-22-13-15-24(32)16-14-22)29(23-8-6-11-26(18-23)39-2)28-12-7-17-35(28)30(27)37(34-21)25-9-4-3-5-10-25/h3-18,29H,19-20H2,1-2H3,(H,33,38)/t29-/m0/s1. The number of halogens is 1. The molecule has 7 nitrogen and oxygen atoms in total. The molecule has 0 bridgehead atoms. The second-order valence-electron chi connectivity index (χ2n) is 9.53. The number of para-hydroxylation sites is 1. The summed E-state index contributed by atoms with van der Waals surface area (Å²) < 4.78 is 23.0. The Balaban J connectivity index is 1.48. The lowest BCUT2D eigenvalue weighted by atomic mass is 10.0. The second-order valence-corrected chi connectivity index (χ2v) is 9.53. The van der Waals surface area contributed by atoms with Gasteiger partial charge in [0.1, 0.15) is 17.4 Å². The summed E-state index contributed by atoms with van der Waals surface area (Å²) in [5.74, 6) is 1.31. The van der Waals surface area contributed by atoms with Gasteiger partial charge in [0.15, 0.2) is 0 Å². The lowest BCUT2D eigenvalue weighted by Crippen LogP contribution is -2.41. The van der Waals surface area contributed by atoms with Crippen LogP contribution < -0.4 is 10.1 Å². The van der Waals surface area contributed by atoms with Crippen LogP contribution in [-0.4, -0.2) is 32.4 Å². The second kappa shape index (κ2) is 10.1. The molecule has 3 aromatic carbocycles. The molecule has 0 unspecified atom stereocenters. The Morgan fingerprint density at radius 3 is 2.59 bits per heavy atom. The molecule has 6 rings (SSSR count). The molecule has 0 fully saturated rings. The van der Waals surface area contributed by atoms with Gasteiger partial charge in [0.05, 0.1) is 36.8 Å². The molecule has 8 heteroatoms. The van der Waals surface area contributed by atoms with E-state index >= 15 is 0 Å². The summed E-state index contributed by atoms with van der Waals surface area (Å²) in [7, 11) is 1.63. The van der Waals surface area contributed by atoms with E-state index in [1.807, 2.05) is 89.4 Å². The minimum Gasteiger partial charge on any atom is -0.497 e. The quantitative estimate of drug-likeness (QED) is 0.312. The number of carbonyl (C=O) groups excluding carboxylic acids is 1. The number of rotatable bonds is 5. The van der Waals surface area contributed by atoms with Crippen LogP contribution in [-0.2, 0) is 13.1 Å². The van der Waals surface area contributed by atoms with Crippen LogP contribution in [0.4, 0.5) is 9.18 Å². The van der Waals surface area contributed by atoms with E-state index in [1.165, 1.54) is 12.1 Å². The lowest BCUT2D eigenvalue weighted by molar-refractivity contribution is 0.180. The van der Waals surface area contributed by atoms with E-state index in [4.69, 9.17) is 9.84 Å². The van der Waals surface area contributed by atoms with Gasteiger partial charge in [0.2, 0.25) is 0 Å². The summed E-state index contributed by atoms with van der Waals surface area (Å²) in [6.45, 7) is 2.59. The first-order valence-electron chi connectivity index (χ1n) is 12.8. The van der Waals surface area contributed by atoms with Crippen molar-refractivity contribution in [2.45, 2.75) is 26.1 Å². The molecular formula is C31H28FN5O2. The Morgan fingerprint density at radius 1 is 1.03 bits per heavy atom. The number of methoxy groups -OCH3 is 1. The van der Waals surface area contributed by atoms with Gasteiger partial charge >= 0.3 is 6.03 Å². The van der Waals surface area contributed by atoms with Crippen LogP contribution in [0.25, 0.3) is 11.5 Å². The minimum absolute atomic E-state index is 0.236. The molecule has 196 valence electrons. The first-order chi connectivity index (χ1) is 19.0. The van der Waals surface area contributed by atoms with Crippen molar-refractivity contribution in [3.63, 3.8) is 0 Å². The molecule has 0 saturated carbocycles. The SMILES string of the molecule is COc1cccc([C@H]2c3cccn3-c3c(c(C)nn3-c3ccccc3)CN2C(=O)NCc2ccc(F)cc2)c1. The highest BCUT2D eigenvalue weighted by Gasteiger charge is 2.36. The van der Waals surface area contributed by atoms with E-state index in [1.54, 1.807) is 19.2 Å². The van der Waals surface area contributed by atoms with Crippen molar-refractivity contribution in [1.29, 1.82) is 0 Å². The largest absolute Gasteiger partial charge is 0.497 e. The number of aromatic nitrogens is 3. The number of amides is 2. The van der Waals surface area contributed by atoms with Crippen LogP contribution >= 0.6 is 0 Å². The van der Waals surface area contributed by atoms with Crippen molar-refractivity contribution in [1.82, 2.24) is 24.6 Å². The molecule has 0 aliphatic carbocycles. The number of urea groups is 1. The third-order valence-corrected chi connectivity index (χ3v) is 7.11. The van der Waals surface area contributed by atoms with Crippen molar-refractivity contribution >= 4 is 6.03 Å². The first kappa shape index (κ1) is 24.5. The zero-order valence-electron chi connectivity index (χ0n) is 21.7. The van der Waals surface area contributed by atoms with Crippen molar-refractivity contribution in [2.75, 3.05) is 7.11 Å². The molecule has 2 aromatic heterocycles. The van der Waals surface area contributed by atoms with Crippen LogP contribution in [0.1, 0.15) is 34.1 Å². The Hall–Kier alpha value is -4.85. The van der Waals surface area contributed by atoms with Gasteiger partial charge < -0.3 is 19.5 Å². The summed E-state index contributed by atoms with van der Waals surface area (Å²) in [5.41, 5.74) is 5.40. The Labute approximate surface area is 226 Å². The molecule has 0 saturated heterocycles. The van der Waals surface area contributed by atoms with Gasteiger partial charge in [0, 0.05) is 18.3 Å². The third-order valence-electron chi connectivity index (χ3n) is 7.11. The predicted octanol–water partition coefficient (Wildman–Crippen LogP) is 5.93. The fourth-order valence-corrected chi connectivity index (χ4v) is 5.19. The van der Waals surface area contributed by atoms with Crippen molar-refractivity contribution in [3.8, 4) is 17.3 Å². The number of fused-ring (bicyclic) bond motifs is 3. The van der Waals surface area contributed by atoms with E-state index in [9.17, 15) is 9.18 Å². The topological polar surface area (TPSA) is 64.3 Å². The zero-order chi connectivity index (χ0) is 26.9. The number of hydrogen-bond acceptors (Lipinski definition) is 3. The number of nitrogens with zero attached hydrogens (tertiary/aromatic N) is 4. The third kappa shape index (κ3) is 4.54. The smallest absolute Gasteiger partial charge is 0.318 e. The number of benzene rings is 3. The summed E-state index contributed by atoms with van der Waals surface area (Å²) in [4.78, 5) is 15.8. The lowest BCUT2D eigenvalue weighted by Gasteiger charge is -2.31. The van der Waals surface area contributed by atoms with E-state index in [2.05, 4.69) is 9.88 Å². The maximum Gasteiger partial charge on any atom is 0.318 e. The van der Waals surface area contributed by atoms with E-state index < -0.39 is 6.04 Å². The fourth-order valence-electron chi connectivity index (χ4n) is 5.19. The van der Waals surface area contributed by atoms with E-state index in [0.717, 1.165) is 39.6 Å². The van der Waals surface area contributed by atoms with Crippen molar-refractivity contribution in [2.24, 2.45) is 0 Å². The summed E-state index contributed by atoms with van der Waals surface area (Å²) >= 11 is 0. The maximum absolute atomic E-state index is 13.9. The number of aryl methyl sites for hydroxylation is 1. The van der Waals surface area contributed by atoms with Crippen LogP contribution in [0.2, 0.25) is 0 Å². The van der Waals surface area contributed by atoms with Gasteiger partial charge in [-0.1, -0.05) is 42.5 Å². The summed E-state index contributed by atoms with van der Waals surface area (Å²) in [6.07, 6.45) is 2.02. The number of carbonyl (C=O) groups is 1. The monoisotopic (exact) mass is 521 g/mol. The van der Waals surface area contributed by atoms with Gasteiger partial charge in [0.25, 0.3) is 0 Å². The number of nitrogens with one attached hydrogen (secondary N) is 1. The average Bonchev–Trinajstić information content (AvgIpc) is 3.53. The molecule has 5 aromatic rings. The molecule has 3 heterocycles. The summed E-state index contributed by atoms with van der Waals surface area (Å²) in [5, 5.41) is 7.94.